The fraction of sp³-hybridized carbons (Fsp3) is 0.0769. The minimum Gasteiger partial charge on any atom is -0.398 e. The zero-order chi connectivity index (χ0) is 12.3. The average Bonchev–Trinajstić information content (AvgIpc) is 2.27. The molecule has 0 unspecified atom stereocenters. The number of hydrogen-bond donors (Lipinski definition) is 2. The second-order valence-corrected chi connectivity index (χ2v) is 4.15. The maximum Gasteiger partial charge on any atom is 0.126 e. The standard InChI is InChI=1S/C13H12ClFN2/c14-10-5-11(15)7-12(6-10)17-8-9-3-1-2-4-13(9)16/h1-7,17H,8,16H2. The fourth-order valence-electron chi connectivity index (χ4n) is 1.55. The van der Waals surface area contributed by atoms with Crippen molar-refractivity contribution in [2.45, 2.75) is 6.54 Å². The van der Waals surface area contributed by atoms with Crippen LogP contribution in [0.4, 0.5) is 15.8 Å². The normalized spacial score (nSPS) is 10.2. The molecule has 4 heteroatoms. The van der Waals surface area contributed by atoms with Gasteiger partial charge >= 0.3 is 0 Å². The van der Waals surface area contributed by atoms with Crippen LogP contribution in [-0.4, -0.2) is 0 Å². The van der Waals surface area contributed by atoms with Gasteiger partial charge in [0.25, 0.3) is 0 Å². The van der Waals surface area contributed by atoms with Gasteiger partial charge in [0.15, 0.2) is 0 Å². The Labute approximate surface area is 104 Å². The Morgan fingerprint density at radius 3 is 2.65 bits per heavy atom. The van der Waals surface area contributed by atoms with E-state index >= 15 is 0 Å². The van der Waals surface area contributed by atoms with E-state index in [2.05, 4.69) is 5.32 Å². The number of nitrogen functional groups attached to an aromatic ring is 1. The molecule has 0 amide bonds. The molecule has 0 aliphatic heterocycles. The fourth-order valence-corrected chi connectivity index (χ4v) is 1.77. The summed E-state index contributed by atoms with van der Waals surface area (Å²) in [4.78, 5) is 0. The maximum atomic E-state index is 13.1. The van der Waals surface area contributed by atoms with E-state index in [0.717, 1.165) is 5.56 Å². The predicted molar refractivity (Wildman–Crippen MR) is 69.6 cm³/mol. The number of anilines is 2. The first-order valence-electron chi connectivity index (χ1n) is 5.18. The van der Waals surface area contributed by atoms with Gasteiger partial charge in [-0.15, -0.1) is 0 Å². The van der Waals surface area contributed by atoms with E-state index in [1.807, 2.05) is 24.3 Å². The van der Waals surface area contributed by atoms with Crippen LogP contribution in [0.2, 0.25) is 5.02 Å². The Morgan fingerprint density at radius 2 is 1.94 bits per heavy atom. The molecule has 0 aliphatic carbocycles. The van der Waals surface area contributed by atoms with Crippen LogP contribution >= 0.6 is 11.6 Å². The van der Waals surface area contributed by atoms with Crippen LogP contribution in [0.5, 0.6) is 0 Å². The highest BCUT2D eigenvalue weighted by Gasteiger charge is 2.01. The molecule has 2 rings (SSSR count). The number of hydrogen-bond acceptors (Lipinski definition) is 2. The lowest BCUT2D eigenvalue weighted by molar-refractivity contribution is 0.628. The van der Waals surface area contributed by atoms with Crippen molar-refractivity contribution in [3.63, 3.8) is 0 Å². The molecule has 0 saturated carbocycles. The first kappa shape index (κ1) is 11.7. The van der Waals surface area contributed by atoms with Crippen molar-refractivity contribution in [3.05, 3.63) is 58.9 Å². The summed E-state index contributed by atoms with van der Waals surface area (Å²) < 4.78 is 13.1. The molecular formula is C13H12ClFN2. The molecule has 0 spiro atoms. The van der Waals surface area contributed by atoms with Crippen LogP contribution < -0.4 is 11.1 Å². The Balaban J connectivity index is 2.10. The van der Waals surface area contributed by atoms with Gasteiger partial charge in [-0.3, -0.25) is 0 Å². The number of halogens is 2. The molecule has 0 heterocycles. The maximum absolute atomic E-state index is 13.1. The molecule has 0 radical (unpaired) electrons. The van der Waals surface area contributed by atoms with Gasteiger partial charge in [-0.05, 0) is 29.8 Å². The van der Waals surface area contributed by atoms with Gasteiger partial charge in [0.1, 0.15) is 5.82 Å². The van der Waals surface area contributed by atoms with Crippen LogP contribution in [0.1, 0.15) is 5.56 Å². The highest BCUT2D eigenvalue weighted by atomic mass is 35.5. The van der Waals surface area contributed by atoms with Crippen LogP contribution in [0.15, 0.2) is 42.5 Å². The van der Waals surface area contributed by atoms with Gasteiger partial charge in [-0.25, -0.2) is 4.39 Å². The molecule has 17 heavy (non-hydrogen) atoms. The number of benzene rings is 2. The topological polar surface area (TPSA) is 38.0 Å². The molecule has 0 bridgehead atoms. The third-order valence-corrected chi connectivity index (χ3v) is 2.62. The van der Waals surface area contributed by atoms with Crippen LogP contribution in [-0.2, 0) is 6.54 Å². The van der Waals surface area contributed by atoms with Gasteiger partial charge in [-0.1, -0.05) is 29.8 Å². The molecule has 0 saturated heterocycles. The summed E-state index contributed by atoms with van der Waals surface area (Å²) in [6, 6.07) is 11.9. The van der Waals surface area contributed by atoms with Crippen LogP contribution in [0.25, 0.3) is 0 Å². The third kappa shape index (κ3) is 3.11. The Morgan fingerprint density at radius 1 is 1.18 bits per heavy atom. The van der Waals surface area contributed by atoms with Crippen molar-refractivity contribution in [1.29, 1.82) is 0 Å². The van der Waals surface area contributed by atoms with E-state index in [-0.39, 0.29) is 5.82 Å². The quantitative estimate of drug-likeness (QED) is 0.816. The van der Waals surface area contributed by atoms with Crippen molar-refractivity contribution < 1.29 is 4.39 Å². The van der Waals surface area contributed by atoms with Crippen molar-refractivity contribution in [3.8, 4) is 0 Å². The third-order valence-electron chi connectivity index (χ3n) is 2.40. The molecular weight excluding hydrogens is 239 g/mol. The summed E-state index contributed by atoms with van der Waals surface area (Å²) in [6.45, 7) is 0.534. The van der Waals surface area contributed by atoms with E-state index in [4.69, 9.17) is 17.3 Å². The van der Waals surface area contributed by atoms with E-state index in [0.29, 0.717) is 22.9 Å². The van der Waals surface area contributed by atoms with Crippen molar-refractivity contribution in [1.82, 2.24) is 0 Å². The Bertz CT molecular complexity index is 508. The first-order chi connectivity index (χ1) is 8.15. The summed E-state index contributed by atoms with van der Waals surface area (Å²) in [7, 11) is 0. The zero-order valence-corrected chi connectivity index (χ0v) is 9.84. The van der Waals surface area contributed by atoms with E-state index in [1.54, 1.807) is 6.07 Å². The molecule has 2 aromatic carbocycles. The largest absolute Gasteiger partial charge is 0.398 e. The van der Waals surface area contributed by atoms with Crippen LogP contribution in [0.3, 0.4) is 0 Å². The first-order valence-corrected chi connectivity index (χ1v) is 5.56. The smallest absolute Gasteiger partial charge is 0.126 e. The molecule has 3 N–H and O–H groups in total. The highest BCUT2D eigenvalue weighted by molar-refractivity contribution is 6.30. The van der Waals surface area contributed by atoms with Gasteiger partial charge in [0, 0.05) is 22.9 Å². The van der Waals surface area contributed by atoms with E-state index in [9.17, 15) is 4.39 Å². The highest BCUT2D eigenvalue weighted by Crippen LogP contribution is 2.19. The predicted octanol–water partition coefficient (Wildman–Crippen LogP) is 3.67. The number of rotatable bonds is 3. The van der Waals surface area contributed by atoms with E-state index in [1.165, 1.54) is 12.1 Å². The lowest BCUT2D eigenvalue weighted by Gasteiger charge is -2.09. The summed E-state index contributed by atoms with van der Waals surface area (Å²) in [5, 5.41) is 3.45. The number of nitrogens with two attached hydrogens (primary N) is 1. The minimum absolute atomic E-state index is 0.360. The summed E-state index contributed by atoms with van der Waals surface area (Å²) in [6.07, 6.45) is 0. The van der Waals surface area contributed by atoms with Gasteiger partial charge in [0.2, 0.25) is 0 Å². The Hall–Kier alpha value is -1.74. The monoisotopic (exact) mass is 250 g/mol. The van der Waals surface area contributed by atoms with Crippen molar-refractivity contribution >= 4 is 23.0 Å². The van der Waals surface area contributed by atoms with Gasteiger partial charge in [0.05, 0.1) is 0 Å². The molecule has 2 nitrogen and oxygen atoms in total. The Kier molecular flexibility index (Phi) is 3.49. The molecule has 0 aromatic heterocycles. The SMILES string of the molecule is Nc1ccccc1CNc1cc(F)cc(Cl)c1. The number of nitrogens with one attached hydrogen (secondary N) is 1. The second kappa shape index (κ2) is 5.06. The van der Waals surface area contributed by atoms with Crippen LogP contribution in [0, 0.1) is 5.82 Å². The second-order valence-electron chi connectivity index (χ2n) is 3.71. The summed E-state index contributed by atoms with van der Waals surface area (Å²) >= 11 is 5.76. The molecule has 0 fully saturated rings. The molecule has 0 atom stereocenters. The zero-order valence-electron chi connectivity index (χ0n) is 9.08. The molecule has 88 valence electrons. The molecule has 0 aliphatic rings. The molecule has 2 aromatic rings. The van der Waals surface area contributed by atoms with Crippen molar-refractivity contribution in [2.24, 2.45) is 0 Å². The number of para-hydroxylation sites is 1. The summed E-state index contributed by atoms with van der Waals surface area (Å²) in [5.74, 6) is -0.360. The van der Waals surface area contributed by atoms with Crippen molar-refractivity contribution in [2.75, 3.05) is 11.1 Å². The van der Waals surface area contributed by atoms with Gasteiger partial charge in [-0.2, -0.15) is 0 Å². The van der Waals surface area contributed by atoms with E-state index < -0.39 is 0 Å². The summed E-state index contributed by atoms with van der Waals surface area (Å²) in [5.41, 5.74) is 8.12. The minimum atomic E-state index is -0.360. The lowest BCUT2D eigenvalue weighted by Crippen LogP contribution is -2.02. The van der Waals surface area contributed by atoms with Gasteiger partial charge < -0.3 is 11.1 Å². The lowest BCUT2D eigenvalue weighted by atomic mass is 10.2. The average molecular weight is 251 g/mol.